The number of esters is 4. The predicted molar refractivity (Wildman–Crippen MR) is 187 cm³/mol. The van der Waals surface area contributed by atoms with Crippen LogP contribution in [0.15, 0.2) is 71.8 Å². The molecular weight excluding hydrogens is 686 g/mol. The highest BCUT2D eigenvalue weighted by Gasteiger charge is 2.78. The summed E-state index contributed by atoms with van der Waals surface area (Å²) >= 11 is 0. The van der Waals surface area contributed by atoms with Crippen molar-refractivity contribution >= 4 is 29.7 Å². The van der Waals surface area contributed by atoms with Gasteiger partial charge in [-0.15, -0.1) is 0 Å². The maximum atomic E-state index is 15.3. The van der Waals surface area contributed by atoms with Crippen LogP contribution in [0.5, 0.6) is 0 Å². The Hall–Kier alpha value is -4.43. The number of aliphatic hydroxyl groups excluding tert-OH is 1. The van der Waals surface area contributed by atoms with Crippen LogP contribution >= 0.6 is 0 Å². The lowest BCUT2D eigenvalue weighted by molar-refractivity contribution is -0.346. The Balaban J connectivity index is 1.57. The Kier molecular flexibility index (Phi) is 9.95. The van der Waals surface area contributed by atoms with Crippen molar-refractivity contribution in [2.75, 3.05) is 6.61 Å². The summed E-state index contributed by atoms with van der Waals surface area (Å²) < 4.78 is 30.1. The summed E-state index contributed by atoms with van der Waals surface area (Å²) in [4.78, 5) is 68.6. The van der Waals surface area contributed by atoms with Crippen LogP contribution in [0.1, 0.15) is 82.8 Å². The van der Waals surface area contributed by atoms with Gasteiger partial charge in [0.25, 0.3) is 0 Å². The standard InChI is InChI=1S/C40H47NO12/c1-21-27(51-30(45)17-26(41)24-13-9-7-10-14-24)19-40(48)35(52-36(47)25-15-11-8-12-16-25)33-38(6,28(44)18-29-39(33,20-49-29)53-23(3)43)34(46)32(50-22(2)42)31(21)37(40,4)5/h7-16,26-29,32-33,35,44,48H,17-20,41H2,1-6H3/t26-,27+,28+,29-,32-,33?,35?,38-,39+,40-/m1/s1. The van der Waals surface area contributed by atoms with Crippen LogP contribution in [0.4, 0.5) is 0 Å². The van der Waals surface area contributed by atoms with E-state index in [0.717, 1.165) is 6.92 Å². The van der Waals surface area contributed by atoms with E-state index in [-0.39, 0.29) is 37.0 Å². The van der Waals surface area contributed by atoms with Gasteiger partial charge in [-0.2, -0.15) is 0 Å². The molecule has 0 radical (unpaired) electrons. The number of ketones is 1. The topological polar surface area (TPSA) is 198 Å². The lowest BCUT2D eigenvalue weighted by Gasteiger charge is -2.67. The fraction of sp³-hybridized carbons (Fsp3) is 0.525. The van der Waals surface area contributed by atoms with Gasteiger partial charge in [-0.3, -0.25) is 19.2 Å². The minimum atomic E-state index is -2.23. The lowest BCUT2D eigenvalue weighted by Crippen LogP contribution is -2.82. The molecular formula is C40H47NO12. The second-order valence-electron chi connectivity index (χ2n) is 15.5. The summed E-state index contributed by atoms with van der Waals surface area (Å²) in [6.45, 7) is 8.38. The summed E-state index contributed by atoms with van der Waals surface area (Å²) in [5.41, 5.74) is 0.239. The molecule has 53 heavy (non-hydrogen) atoms. The third-order valence-corrected chi connectivity index (χ3v) is 12.1. The smallest absolute Gasteiger partial charge is 0.338 e. The quantitative estimate of drug-likeness (QED) is 0.203. The lowest BCUT2D eigenvalue weighted by atomic mass is 9.44. The van der Waals surface area contributed by atoms with E-state index in [1.54, 1.807) is 63.2 Å². The molecule has 284 valence electrons. The zero-order valence-electron chi connectivity index (χ0n) is 30.7. The fourth-order valence-corrected chi connectivity index (χ4v) is 9.22. The number of fused-ring (bicyclic) bond motifs is 5. The first-order chi connectivity index (χ1) is 24.9. The number of ether oxygens (including phenoxy) is 5. The van der Waals surface area contributed by atoms with Gasteiger partial charge in [0, 0.05) is 38.1 Å². The second-order valence-corrected chi connectivity index (χ2v) is 15.5. The highest BCUT2D eigenvalue weighted by molar-refractivity contribution is 5.95. The molecule has 1 aliphatic heterocycles. The van der Waals surface area contributed by atoms with E-state index < -0.39 is 94.2 Å². The Morgan fingerprint density at radius 1 is 0.943 bits per heavy atom. The molecule has 1 heterocycles. The van der Waals surface area contributed by atoms with Crippen LogP contribution in [0.2, 0.25) is 0 Å². The monoisotopic (exact) mass is 733 g/mol. The second kappa shape index (κ2) is 13.8. The van der Waals surface area contributed by atoms with E-state index in [1.807, 2.05) is 6.07 Å². The molecule has 13 nitrogen and oxygen atoms in total. The summed E-state index contributed by atoms with van der Waals surface area (Å²) in [5.74, 6) is -5.36. The van der Waals surface area contributed by atoms with Gasteiger partial charge >= 0.3 is 23.9 Å². The molecule has 4 N–H and O–H groups in total. The van der Waals surface area contributed by atoms with E-state index >= 15 is 4.79 Å². The summed E-state index contributed by atoms with van der Waals surface area (Å²) in [5, 5.41) is 25.4. The molecule has 2 saturated carbocycles. The number of carbonyl (C=O) groups excluding carboxylic acids is 5. The molecule has 0 amide bonds. The molecule has 0 spiro atoms. The third-order valence-electron chi connectivity index (χ3n) is 12.1. The van der Waals surface area contributed by atoms with E-state index in [1.165, 1.54) is 26.0 Å². The highest BCUT2D eigenvalue weighted by Crippen LogP contribution is 2.64. The Bertz CT molecular complexity index is 1830. The van der Waals surface area contributed by atoms with Gasteiger partial charge in [-0.1, -0.05) is 62.4 Å². The number of hydrogen-bond donors (Lipinski definition) is 3. The number of hydrogen-bond acceptors (Lipinski definition) is 13. The molecule has 1 saturated heterocycles. The number of nitrogens with two attached hydrogens (primary N) is 1. The first-order valence-electron chi connectivity index (χ1n) is 17.8. The van der Waals surface area contributed by atoms with Gasteiger partial charge in [0.15, 0.2) is 17.5 Å². The van der Waals surface area contributed by atoms with E-state index in [4.69, 9.17) is 29.4 Å². The predicted octanol–water partition coefficient (Wildman–Crippen LogP) is 3.29. The minimum absolute atomic E-state index is 0.123. The first kappa shape index (κ1) is 38.3. The molecule has 6 rings (SSSR count). The largest absolute Gasteiger partial charge is 0.458 e. The molecule has 2 aromatic rings. The zero-order valence-corrected chi connectivity index (χ0v) is 30.7. The van der Waals surface area contributed by atoms with Crippen LogP contribution < -0.4 is 5.73 Å². The maximum absolute atomic E-state index is 15.3. The first-order valence-corrected chi connectivity index (χ1v) is 17.8. The Morgan fingerprint density at radius 2 is 1.57 bits per heavy atom. The number of carbonyl (C=O) groups is 5. The molecule has 3 fully saturated rings. The van der Waals surface area contributed by atoms with Gasteiger partial charge in [-0.25, -0.2) is 4.79 Å². The fourth-order valence-electron chi connectivity index (χ4n) is 9.22. The van der Waals surface area contributed by atoms with E-state index in [2.05, 4.69) is 0 Å². The summed E-state index contributed by atoms with van der Waals surface area (Å²) in [6.07, 6.45) is -7.80. The van der Waals surface area contributed by atoms with Crippen LogP contribution in [-0.4, -0.2) is 88.2 Å². The van der Waals surface area contributed by atoms with Gasteiger partial charge in [0.05, 0.1) is 36.0 Å². The SMILES string of the molecule is CC(=O)O[C@H]1C(=O)[C@@]2(C)C(C(OC(=O)c3ccccc3)[C@]3(O)C[C@H](OC(=O)C[C@@H](N)c4ccccc4)C(C)=C1C3(C)C)[C@]1(OC(C)=O)CO[C@@H]1C[C@@H]2O. The molecule has 0 aromatic heterocycles. The van der Waals surface area contributed by atoms with Crippen molar-refractivity contribution in [3.63, 3.8) is 0 Å². The van der Waals surface area contributed by atoms with Crippen LogP contribution in [0.3, 0.4) is 0 Å². The summed E-state index contributed by atoms with van der Waals surface area (Å²) in [7, 11) is 0. The van der Waals surface area contributed by atoms with Gasteiger partial charge in [0.2, 0.25) is 0 Å². The van der Waals surface area contributed by atoms with Crippen molar-refractivity contribution in [1.29, 1.82) is 0 Å². The molecule has 4 aliphatic rings. The third kappa shape index (κ3) is 6.17. The molecule has 2 aromatic carbocycles. The van der Waals surface area contributed by atoms with Crippen molar-refractivity contribution in [2.24, 2.45) is 22.5 Å². The van der Waals surface area contributed by atoms with Crippen molar-refractivity contribution in [3.8, 4) is 0 Å². The molecule has 10 atom stereocenters. The maximum Gasteiger partial charge on any atom is 0.338 e. The van der Waals surface area contributed by atoms with Crippen LogP contribution in [0.25, 0.3) is 0 Å². The summed E-state index contributed by atoms with van der Waals surface area (Å²) in [6, 6.07) is 16.3. The Morgan fingerprint density at radius 3 is 2.13 bits per heavy atom. The van der Waals surface area contributed by atoms with Crippen molar-refractivity contribution in [1.82, 2.24) is 0 Å². The van der Waals surface area contributed by atoms with Crippen molar-refractivity contribution < 1.29 is 57.9 Å². The van der Waals surface area contributed by atoms with E-state index in [0.29, 0.717) is 11.1 Å². The molecule has 3 aliphatic carbocycles. The Labute approximate surface area is 307 Å². The van der Waals surface area contributed by atoms with Gasteiger partial charge in [0.1, 0.15) is 23.9 Å². The minimum Gasteiger partial charge on any atom is -0.458 e. The van der Waals surface area contributed by atoms with Gasteiger partial charge < -0.3 is 39.6 Å². The van der Waals surface area contributed by atoms with Crippen LogP contribution in [0, 0.1) is 16.7 Å². The molecule has 2 unspecified atom stereocenters. The van der Waals surface area contributed by atoms with Crippen LogP contribution in [-0.2, 0) is 42.9 Å². The average molecular weight is 734 g/mol. The van der Waals surface area contributed by atoms with Crippen molar-refractivity contribution in [2.45, 2.75) is 109 Å². The average Bonchev–Trinajstić information content (AvgIpc) is 3.10. The number of benzene rings is 2. The number of aliphatic hydroxyl groups is 2. The molecule has 13 heteroatoms. The van der Waals surface area contributed by atoms with E-state index in [9.17, 15) is 29.4 Å². The zero-order chi connectivity index (χ0) is 38.7. The highest BCUT2D eigenvalue weighted by atomic mass is 16.6. The number of Topliss-reactive ketones (excluding diaryl/α,β-unsaturated/α-hetero) is 1. The normalized spacial score (nSPS) is 34.8. The number of rotatable bonds is 8. The van der Waals surface area contributed by atoms with Gasteiger partial charge in [-0.05, 0) is 42.7 Å². The van der Waals surface area contributed by atoms with Crippen molar-refractivity contribution in [3.05, 3.63) is 82.9 Å². The molecule has 2 bridgehead atoms.